The van der Waals surface area contributed by atoms with Crippen LogP contribution in [0.5, 0.6) is 0 Å². The highest BCUT2D eigenvalue weighted by Crippen LogP contribution is 2.31. The van der Waals surface area contributed by atoms with Crippen LogP contribution in [0, 0.1) is 6.92 Å². The number of nitrogens with one attached hydrogen (secondary N) is 2. The molecule has 7 nitrogen and oxygen atoms in total. The van der Waals surface area contributed by atoms with Crippen LogP contribution in [0.4, 0.5) is 0 Å². The number of halogens is 1. The molecule has 0 saturated carbocycles. The summed E-state index contributed by atoms with van der Waals surface area (Å²) in [5.74, 6) is 0.0558. The van der Waals surface area contributed by atoms with E-state index in [0.29, 0.717) is 5.82 Å². The Morgan fingerprint density at radius 1 is 1.16 bits per heavy atom. The Labute approximate surface area is 192 Å². The van der Waals surface area contributed by atoms with Crippen LogP contribution in [0.15, 0.2) is 60.9 Å². The number of carbonyl (C=O) groups is 1. The Morgan fingerprint density at radius 3 is 2.74 bits per heavy atom. The quantitative estimate of drug-likeness (QED) is 0.326. The SMILES string of the molecule is Cc1cccc([C@@H](C)NC(=O)c2nc3cc4c(-c5ccncc5)nn(I)c4cc3[nH]2)c1. The van der Waals surface area contributed by atoms with Crippen molar-refractivity contribution in [2.75, 3.05) is 0 Å². The highest BCUT2D eigenvalue weighted by atomic mass is 127. The summed E-state index contributed by atoms with van der Waals surface area (Å²) in [5, 5.41) is 8.65. The summed E-state index contributed by atoms with van der Waals surface area (Å²) in [6, 6.07) is 15.8. The van der Waals surface area contributed by atoms with E-state index in [1.54, 1.807) is 12.4 Å². The van der Waals surface area contributed by atoms with E-state index in [1.165, 1.54) is 0 Å². The summed E-state index contributed by atoms with van der Waals surface area (Å²) in [7, 11) is 0. The van der Waals surface area contributed by atoms with Gasteiger partial charge in [-0.25, -0.2) is 7.88 Å². The van der Waals surface area contributed by atoms with E-state index in [1.807, 2.05) is 59.2 Å². The second-order valence-corrected chi connectivity index (χ2v) is 8.44. The minimum atomic E-state index is -0.236. The molecule has 0 spiro atoms. The first kappa shape index (κ1) is 19.7. The number of imidazole rings is 1. The smallest absolute Gasteiger partial charge is 0.287 e. The number of aryl methyl sites for hydroxylation is 1. The first-order valence-corrected chi connectivity index (χ1v) is 10.8. The van der Waals surface area contributed by atoms with Crippen molar-refractivity contribution in [3.8, 4) is 11.3 Å². The van der Waals surface area contributed by atoms with Crippen LogP contribution in [0.2, 0.25) is 0 Å². The molecule has 2 N–H and O–H groups in total. The predicted molar refractivity (Wildman–Crippen MR) is 129 cm³/mol. The molecule has 5 rings (SSSR count). The molecule has 3 aromatic heterocycles. The summed E-state index contributed by atoms with van der Waals surface area (Å²) in [6.07, 6.45) is 3.50. The Morgan fingerprint density at radius 2 is 1.97 bits per heavy atom. The normalized spacial score (nSPS) is 12.4. The van der Waals surface area contributed by atoms with E-state index in [4.69, 9.17) is 0 Å². The number of aromatic nitrogens is 5. The van der Waals surface area contributed by atoms with E-state index in [0.717, 1.165) is 44.3 Å². The van der Waals surface area contributed by atoms with E-state index < -0.39 is 0 Å². The standard InChI is InChI=1S/C23H19IN6O/c1-13-4-3-5-16(10-13)14(2)26-23(31)22-27-18-11-17-20(12-19(18)28-22)30(24)29-21(17)15-6-8-25-9-7-15/h3-12,14H,1-2H3,(H,26,31)(H,27,28)/t14-/m1/s1. The molecule has 3 heterocycles. The number of rotatable bonds is 4. The van der Waals surface area contributed by atoms with Gasteiger partial charge in [0.1, 0.15) is 5.69 Å². The van der Waals surface area contributed by atoms with Gasteiger partial charge in [-0.15, -0.1) is 0 Å². The van der Waals surface area contributed by atoms with Crippen molar-refractivity contribution in [2.45, 2.75) is 19.9 Å². The molecule has 5 aromatic rings. The van der Waals surface area contributed by atoms with Crippen LogP contribution < -0.4 is 5.32 Å². The van der Waals surface area contributed by atoms with E-state index >= 15 is 0 Å². The molecule has 8 heteroatoms. The fourth-order valence-electron chi connectivity index (χ4n) is 3.70. The minimum absolute atomic E-state index is 0.124. The number of aromatic amines is 1. The highest BCUT2D eigenvalue weighted by Gasteiger charge is 2.18. The molecule has 2 aromatic carbocycles. The molecular weight excluding hydrogens is 503 g/mol. The van der Waals surface area contributed by atoms with Crippen molar-refractivity contribution in [1.82, 2.24) is 28.3 Å². The third kappa shape index (κ3) is 3.67. The number of benzene rings is 2. The largest absolute Gasteiger partial charge is 0.343 e. The van der Waals surface area contributed by atoms with Gasteiger partial charge in [0.05, 0.1) is 45.5 Å². The number of H-pyrrole nitrogens is 1. The zero-order chi connectivity index (χ0) is 21.5. The first-order valence-electron chi connectivity index (χ1n) is 9.86. The number of amides is 1. The topological polar surface area (TPSA) is 88.5 Å². The van der Waals surface area contributed by atoms with Crippen LogP contribution in [0.25, 0.3) is 33.2 Å². The van der Waals surface area contributed by atoms with Gasteiger partial charge in [0.15, 0.2) is 5.82 Å². The van der Waals surface area contributed by atoms with Gasteiger partial charge >= 0.3 is 0 Å². The number of nitrogens with zero attached hydrogens (tertiary/aromatic N) is 4. The van der Waals surface area contributed by atoms with Crippen molar-refractivity contribution in [3.63, 3.8) is 0 Å². The Balaban J connectivity index is 1.50. The number of fused-ring (bicyclic) bond motifs is 2. The number of hydrogen-bond acceptors (Lipinski definition) is 4. The lowest BCUT2D eigenvalue weighted by Gasteiger charge is -2.13. The van der Waals surface area contributed by atoms with Gasteiger partial charge in [0.2, 0.25) is 0 Å². The monoisotopic (exact) mass is 522 g/mol. The van der Waals surface area contributed by atoms with E-state index in [2.05, 4.69) is 54.3 Å². The first-order chi connectivity index (χ1) is 15.0. The molecule has 31 heavy (non-hydrogen) atoms. The predicted octanol–water partition coefficient (Wildman–Crippen LogP) is 4.97. The average Bonchev–Trinajstić information content (AvgIpc) is 3.33. The Kier molecular flexibility index (Phi) is 4.93. The lowest BCUT2D eigenvalue weighted by Crippen LogP contribution is -2.27. The van der Waals surface area contributed by atoms with Crippen molar-refractivity contribution < 1.29 is 4.79 Å². The van der Waals surface area contributed by atoms with Crippen molar-refractivity contribution >= 4 is 50.7 Å². The van der Waals surface area contributed by atoms with Crippen molar-refractivity contribution in [1.29, 1.82) is 0 Å². The average molecular weight is 522 g/mol. The van der Waals surface area contributed by atoms with Crippen LogP contribution in [0.3, 0.4) is 0 Å². The van der Waals surface area contributed by atoms with Crippen molar-refractivity contribution in [3.05, 3.63) is 77.9 Å². The maximum Gasteiger partial charge on any atom is 0.287 e. The Hall–Kier alpha value is -3.27. The molecule has 0 aliphatic carbocycles. The minimum Gasteiger partial charge on any atom is -0.343 e. The van der Waals surface area contributed by atoms with Gasteiger partial charge in [-0.3, -0.25) is 9.78 Å². The zero-order valence-electron chi connectivity index (χ0n) is 16.9. The highest BCUT2D eigenvalue weighted by molar-refractivity contribution is 14.1. The fourth-order valence-corrected chi connectivity index (χ4v) is 4.32. The summed E-state index contributed by atoms with van der Waals surface area (Å²) in [5.41, 5.74) is 6.52. The van der Waals surface area contributed by atoms with Crippen molar-refractivity contribution in [2.24, 2.45) is 0 Å². The molecule has 154 valence electrons. The van der Waals surface area contributed by atoms with Gasteiger partial charge in [-0.05, 0) is 43.7 Å². The van der Waals surface area contributed by atoms with Crippen LogP contribution in [0.1, 0.15) is 34.7 Å². The zero-order valence-corrected chi connectivity index (χ0v) is 19.1. The molecular formula is C23H19IN6O. The van der Waals surface area contributed by atoms with Crippen LogP contribution >= 0.6 is 22.9 Å². The van der Waals surface area contributed by atoms with Gasteiger partial charge < -0.3 is 10.3 Å². The van der Waals surface area contributed by atoms with E-state index in [9.17, 15) is 4.79 Å². The molecule has 1 atom stereocenters. The van der Waals surface area contributed by atoms with Crippen LogP contribution in [-0.2, 0) is 0 Å². The fraction of sp³-hybridized carbons (Fsp3) is 0.130. The summed E-state index contributed by atoms with van der Waals surface area (Å²) >= 11 is 2.16. The molecule has 0 bridgehead atoms. The second-order valence-electron chi connectivity index (χ2n) is 7.53. The van der Waals surface area contributed by atoms with Gasteiger partial charge in [0.25, 0.3) is 5.91 Å². The molecule has 0 unspecified atom stereocenters. The lowest BCUT2D eigenvalue weighted by molar-refractivity contribution is 0.0930. The molecule has 0 saturated heterocycles. The third-order valence-electron chi connectivity index (χ3n) is 5.30. The van der Waals surface area contributed by atoms with Gasteiger partial charge in [-0.1, -0.05) is 29.8 Å². The number of pyridine rings is 1. The second kappa shape index (κ2) is 7.77. The third-order valence-corrected chi connectivity index (χ3v) is 6.04. The number of hydrogen-bond donors (Lipinski definition) is 2. The summed E-state index contributed by atoms with van der Waals surface area (Å²) in [4.78, 5) is 24.6. The lowest BCUT2D eigenvalue weighted by atomic mass is 10.1. The molecule has 0 fully saturated rings. The maximum atomic E-state index is 12.8. The summed E-state index contributed by atoms with van der Waals surface area (Å²) in [6.45, 7) is 4.01. The molecule has 0 radical (unpaired) electrons. The van der Waals surface area contributed by atoms with Gasteiger partial charge in [0, 0.05) is 23.3 Å². The van der Waals surface area contributed by atoms with Crippen LogP contribution in [-0.4, -0.2) is 28.9 Å². The van der Waals surface area contributed by atoms with E-state index in [-0.39, 0.29) is 11.9 Å². The molecule has 1 amide bonds. The number of carbonyl (C=O) groups excluding carboxylic acids is 1. The maximum absolute atomic E-state index is 12.8. The summed E-state index contributed by atoms with van der Waals surface area (Å²) < 4.78 is 1.81. The Bertz CT molecular complexity index is 1420. The van der Waals surface area contributed by atoms with Gasteiger partial charge in [-0.2, -0.15) is 5.10 Å². The molecule has 0 aliphatic rings. The molecule has 0 aliphatic heterocycles.